The Labute approximate surface area is 247 Å². The van der Waals surface area contributed by atoms with Crippen molar-refractivity contribution in [3.63, 3.8) is 0 Å². The lowest BCUT2D eigenvalue weighted by Gasteiger charge is -2.27. The van der Waals surface area contributed by atoms with E-state index in [0.717, 1.165) is 62.5 Å². The number of hydrogen-bond donors (Lipinski definition) is 3. The Hall–Kier alpha value is -2.73. The first-order valence-corrected chi connectivity index (χ1v) is 16.8. The van der Waals surface area contributed by atoms with Gasteiger partial charge in [-0.3, -0.25) is 9.69 Å². The largest absolute Gasteiger partial charge is 0.347 e. The Morgan fingerprint density at radius 3 is 2.24 bits per heavy atom. The number of amides is 1. The topological polar surface area (TPSA) is 93.8 Å². The predicted octanol–water partition coefficient (Wildman–Crippen LogP) is 3.16. The molecule has 2 aliphatic rings. The van der Waals surface area contributed by atoms with E-state index < -0.39 is 15.4 Å². The van der Waals surface area contributed by atoms with E-state index in [1.54, 1.807) is 12.1 Å². The van der Waals surface area contributed by atoms with Crippen LogP contribution in [0, 0.1) is 0 Å². The molecule has 0 bridgehead atoms. The van der Waals surface area contributed by atoms with Crippen LogP contribution in [0.25, 0.3) is 11.1 Å². The minimum absolute atomic E-state index is 0.200. The third-order valence-electron chi connectivity index (χ3n) is 7.58. The zero-order valence-electron chi connectivity index (χ0n) is 23.2. The highest BCUT2D eigenvalue weighted by atomic mass is 32.2. The summed E-state index contributed by atoms with van der Waals surface area (Å²) >= 11 is 1.37. The molecule has 2 saturated heterocycles. The van der Waals surface area contributed by atoms with Gasteiger partial charge in [0.15, 0.2) is 0 Å². The quantitative estimate of drug-likeness (QED) is 0.278. The minimum atomic E-state index is -3.84. The summed E-state index contributed by atoms with van der Waals surface area (Å²) < 4.78 is 28.6. The maximum atomic E-state index is 13.6. The van der Waals surface area contributed by atoms with Gasteiger partial charge in [-0.2, -0.15) is 4.31 Å². The van der Waals surface area contributed by atoms with E-state index >= 15 is 0 Å². The lowest BCUT2D eigenvalue weighted by molar-refractivity contribution is -0.122. The molecule has 10 heteroatoms. The van der Waals surface area contributed by atoms with Crippen molar-refractivity contribution in [3.8, 4) is 11.1 Å². The van der Waals surface area contributed by atoms with Gasteiger partial charge in [0.1, 0.15) is 5.37 Å². The predicted molar refractivity (Wildman–Crippen MR) is 166 cm³/mol. The molecule has 2 atom stereocenters. The van der Waals surface area contributed by atoms with Crippen LogP contribution in [0.1, 0.15) is 18.0 Å². The number of piperazine rings is 1. The van der Waals surface area contributed by atoms with Crippen molar-refractivity contribution >= 4 is 27.7 Å². The van der Waals surface area contributed by atoms with Crippen molar-refractivity contribution in [1.82, 2.24) is 25.2 Å². The third-order valence-corrected chi connectivity index (χ3v) is 10.8. The van der Waals surface area contributed by atoms with Crippen molar-refractivity contribution in [1.29, 1.82) is 0 Å². The van der Waals surface area contributed by atoms with Gasteiger partial charge in [-0.15, -0.1) is 11.8 Å². The Bertz CT molecular complexity index is 1350. The van der Waals surface area contributed by atoms with Gasteiger partial charge in [0, 0.05) is 51.6 Å². The summed E-state index contributed by atoms with van der Waals surface area (Å²) in [5.41, 5.74) is 2.98. The SMILES string of the molecule is O=C(NC(CCNCCN1CCNCC1)c1ccccc1)C1SCCN1S(=O)(=O)c1ccc(-c2ccccc2)cc1. The van der Waals surface area contributed by atoms with E-state index in [4.69, 9.17) is 0 Å². The van der Waals surface area contributed by atoms with Crippen LogP contribution in [-0.2, 0) is 14.8 Å². The van der Waals surface area contributed by atoms with E-state index in [0.29, 0.717) is 18.7 Å². The number of carbonyl (C=O) groups is 1. The van der Waals surface area contributed by atoms with Crippen LogP contribution in [-0.4, -0.2) is 87.0 Å². The highest BCUT2D eigenvalue weighted by molar-refractivity contribution is 8.02. The molecule has 2 fully saturated rings. The summed E-state index contributed by atoms with van der Waals surface area (Å²) in [6, 6.07) is 26.4. The molecule has 2 heterocycles. The fraction of sp³-hybridized carbons (Fsp3) is 0.387. The molecule has 3 aromatic rings. The van der Waals surface area contributed by atoms with Crippen LogP contribution in [0.2, 0.25) is 0 Å². The monoisotopic (exact) mass is 593 g/mol. The number of sulfonamides is 1. The smallest absolute Gasteiger partial charge is 0.249 e. The number of benzene rings is 3. The number of hydrogen-bond acceptors (Lipinski definition) is 7. The summed E-state index contributed by atoms with van der Waals surface area (Å²) in [5.74, 6) is 0.301. The van der Waals surface area contributed by atoms with Crippen molar-refractivity contribution < 1.29 is 13.2 Å². The Morgan fingerprint density at radius 1 is 0.878 bits per heavy atom. The summed E-state index contributed by atoms with van der Waals surface area (Å²) in [5, 5.41) is 9.27. The summed E-state index contributed by atoms with van der Waals surface area (Å²) in [6.45, 7) is 7.15. The number of thioether (sulfide) groups is 1. The van der Waals surface area contributed by atoms with Gasteiger partial charge in [0.25, 0.3) is 0 Å². The molecular weight excluding hydrogens is 555 g/mol. The van der Waals surface area contributed by atoms with Gasteiger partial charge in [-0.1, -0.05) is 72.8 Å². The Kier molecular flexibility index (Phi) is 10.5. The molecular formula is C31H39N5O3S2. The van der Waals surface area contributed by atoms with E-state index in [9.17, 15) is 13.2 Å². The molecule has 2 unspecified atom stereocenters. The van der Waals surface area contributed by atoms with Crippen molar-refractivity contribution in [3.05, 3.63) is 90.5 Å². The molecule has 41 heavy (non-hydrogen) atoms. The fourth-order valence-electron chi connectivity index (χ4n) is 5.29. The number of rotatable bonds is 12. The zero-order valence-corrected chi connectivity index (χ0v) is 24.9. The van der Waals surface area contributed by atoms with Crippen LogP contribution in [0.15, 0.2) is 89.8 Å². The molecule has 3 aromatic carbocycles. The average molecular weight is 594 g/mol. The second-order valence-electron chi connectivity index (χ2n) is 10.3. The molecule has 2 aliphatic heterocycles. The van der Waals surface area contributed by atoms with Crippen molar-refractivity contribution in [2.45, 2.75) is 22.7 Å². The number of carbonyl (C=O) groups excluding carboxylic acids is 1. The summed E-state index contributed by atoms with van der Waals surface area (Å²) in [6.07, 6.45) is 0.711. The Morgan fingerprint density at radius 2 is 1.54 bits per heavy atom. The van der Waals surface area contributed by atoms with Crippen LogP contribution in [0.4, 0.5) is 0 Å². The molecule has 0 radical (unpaired) electrons. The highest BCUT2D eigenvalue weighted by Gasteiger charge is 2.40. The fourth-order valence-corrected chi connectivity index (χ4v) is 8.37. The van der Waals surface area contributed by atoms with Crippen molar-refractivity contribution in [2.24, 2.45) is 0 Å². The van der Waals surface area contributed by atoms with Gasteiger partial charge in [0.05, 0.1) is 10.9 Å². The summed E-state index contributed by atoms with van der Waals surface area (Å²) in [7, 11) is -3.84. The number of nitrogens with one attached hydrogen (secondary N) is 3. The van der Waals surface area contributed by atoms with Crippen LogP contribution in [0.3, 0.4) is 0 Å². The van der Waals surface area contributed by atoms with Gasteiger partial charge < -0.3 is 16.0 Å². The van der Waals surface area contributed by atoms with Crippen LogP contribution in [0.5, 0.6) is 0 Å². The summed E-state index contributed by atoms with van der Waals surface area (Å²) in [4.78, 5) is 16.2. The van der Waals surface area contributed by atoms with E-state index in [2.05, 4.69) is 20.9 Å². The molecule has 1 amide bonds. The lowest BCUT2D eigenvalue weighted by atomic mass is 10.0. The highest BCUT2D eigenvalue weighted by Crippen LogP contribution is 2.32. The van der Waals surface area contributed by atoms with Gasteiger partial charge >= 0.3 is 0 Å². The maximum Gasteiger partial charge on any atom is 0.249 e. The second-order valence-corrected chi connectivity index (χ2v) is 13.4. The lowest BCUT2D eigenvalue weighted by Crippen LogP contribution is -2.46. The Balaban J connectivity index is 1.22. The van der Waals surface area contributed by atoms with Crippen molar-refractivity contribution in [2.75, 3.05) is 58.1 Å². The molecule has 0 aromatic heterocycles. The standard InChI is InChI=1S/C31H39N5O3S2/c37-30(34-29(27-9-5-2-6-10-27)15-16-32-17-20-35-21-18-33-19-22-35)31-36(23-24-40-31)41(38,39)28-13-11-26(12-14-28)25-7-3-1-4-8-25/h1-14,29,31-33H,15-24H2,(H,34,37). The zero-order chi connectivity index (χ0) is 28.5. The molecule has 5 rings (SSSR count). The first-order chi connectivity index (χ1) is 20.0. The van der Waals surface area contributed by atoms with E-state index in [1.165, 1.54) is 16.1 Å². The third kappa shape index (κ3) is 7.77. The molecule has 8 nitrogen and oxygen atoms in total. The minimum Gasteiger partial charge on any atom is -0.347 e. The van der Waals surface area contributed by atoms with Crippen LogP contribution >= 0.6 is 11.8 Å². The first-order valence-electron chi connectivity index (χ1n) is 14.3. The van der Waals surface area contributed by atoms with E-state index in [-0.39, 0.29) is 16.8 Å². The molecule has 0 spiro atoms. The first kappa shape index (κ1) is 29.8. The van der Waals surface area contributed by atoms with Gasteiger partial charge in [0.2, 0.25) is 15.9 Å². The molecule has 218 valence electrons. The number of nitrogens with zero attached hydrogens (tertiary/aromatic N) is 2. The normalized spacial score (nSPS) is 19.2. The van der Waals surface area contributed by atoms with E-state index in [1.807, 2.05) is 72.8 Å². The van der Waals surface area contributed by atoms with Gasteiger partial charge in [-0.05, 0) is 41.8 Å². The van der Waals surface area contributed by atoms with Gasteiger partial charge in [-0.25, -0.2) is 8.42 Å². The molecule has 0 saturated carbocycles. The average Bonchev–Trinajstić information content (AvgIpc) is 3.53. The van der Waals surface area contributed by atoms with Crippen LogP contribution < -0.4 is 16.0 Å². The molecule has 3 N–H and O–H groups in total. The second kappa shape index (κ2) is 14.4. The maximum absolute atomic E-state index is 13.6. The molecule has 0 aliphatic carbocycles.